The first kappa shape index (κ1) is 6.39. The van der Waals surface area contributed by atoms with E-state index in [1.165, 1.54) is 0 Å². The summed E-state index contributed by atoms with van der Waals surface area (Å²) in [6, 6.07) is 0. The van der Waals surface area contributed by atoms with Crippen LogP contribution in [-0.4, -0.2) is 28.9 Å². The molecule has 4 heteroatoms. The van der Waals surface area contributed by atoms with E-state index in [0.717, 1.165) is 0 Å². The second-order valence-corrected chi connectivity index (χ2v) is 1.02. The van der Waals surface area contributed by atoms with Crippen LogP contribution < -0.4 is 5.11 Å². The van der Waals surface area contributed by atoms with Crippen molar-refractivity contribution in [2.45, 2.75) is 6.10 Å². The molecule has 0 rings (SSSR count). The molecule has 0 aliphatic heterocycles. The van der Waals surface area contributed by atoms with Gasteiger partial charge in [0.25, 0.3) is 0 Å². The molecule has 1 atom stereocenters. The number of aliphatic hydroxyl groups is 2. The fourth-order valence-electron chi connectivity index (χ4n) is 0.0745. The Morgan fingerprint density at radius 1 is 1.86 bits per heavy atom. The van der Waals surface area contributed by atoms with Crippen LogP contribution in [0.2, 0.25) is 0 Å². The van der Waals surface area contributed by atoms with Gasteiger partial charge in [-0.25, -0.2) is 0 Å². The summed E-state index contributed by atoms with van der Waals surface area (Å²) in [7, 11) is 0. The lowest BCUT2D eigenvalue weighted by molar-refractivity contribution is -0.315. The molecule has 0 aromatic rings. The van der Waals surface area contributed by atoms with E-state index < -0.39 is 18.7 Å². The minimum Gasteiger partial charge on any atom is -0.547 e. The summed E-state index contributed by atoms with van der Waals surface area (Å²) in [4.78, 5) is 9.41. The first-order valence-electron chi connectivity index (χ1n) is 1.68. The van der Waals surface area contributed by atoms with Crippen LogP contribution in [0.15, 0.2) is 0 Å². The first-order chi connectivity index (χ1) is 3.18. The van der Waals surface area contributed by atoms with Gasteiger partial charge in [0.2, 0.25) is 0 Å². The van der Waals surface area contributed by atoms with Crippen LogP contribution in [0, 0.1) is 0 Å². The Morgan fingerprint density at radius 2 is 2.29 bits per heavy atom. The second-order valence-electron chi connectivity index (χ2n) is 1.02. The van der Waals surface area contributed by atoms with Gasteiger partial charge >= 0.3 is 0 Å². The normalized spacial score (nSPS) is 13.4. The van der Waals surface area contributed by atoms with Gasteiger partial charge in [0, 0.05) is 0 Å². The van der Waals surface area contributed by atoms with Crippen LogP contribution in [0.25, 0.3) is 0 Å². The summed E-state index contributed by atoms with van der Waals surface area (Å²) < 4.78 is 0. The molecule has 0 aromatic carbocycles. The standard InChI is InChI=1S/C3H6O4/c4-1-2(5)3(6)7/h2,4-5H,1H2,(H,6,7)/p-1. The van der Waals surface area contributed by atoms with Crippen molar-refractivity contribution < 1.29 is 20.1 Å². The Labute approximate surface area is 40.0 Å². The fourth-order valence-corrected chi connectivity index (χ4v) is 0.0745. The van der Waals surface area contributed by atoms with Crippen LogP contribution in [0.5, 0.6) is 0 Å². The zero-order valence-electron chi connectivity index (χ0n) is 3.50. The summed E-state index contributed by atoms with van der Waals surface area (Å²) in [5, 5.41) is 25.3. The van der Waals surface area contributed by atoms with Gasteiger partial charge in [0.15, 0.2) is 0 Å². The van der Waals surface area contributed by atoms with Crippen LogP contribution in [0.1, 0.15) is 0 Å². The summed E-state index contributed by atoms with van der Waals surface area (Å²) in [6.07, 6.45) is -1.74. The van der Waals surface area contributed by atoms with Gasteiger partial charge in [0.05, 0.1) is 12.6 Å². The molecule has 0 saturated carbocycles. The number of aliphatic carboxylic acids is 1. The predicted octanol–water partition coefficient (Wildman–Crippen LogP) is -2.91. The van der Waals surface area contributed by atoms with E-state index >= 15 is 0 Å². The van der Waals surface area contributed by atoms with Gasteiger partial charge in [-0.3, -0.25) is 0 Å². The molecular formula is C3H5O4-. The third kappa shape index (κ3) is 2.13. The number of carboxylic acids is 1. The lowest BCUT2D eigenvalue weighted by atomic mass is 10.4. The highest BCUT2D eigenvalue weighted by Crippen LogP contribution is 1.72. The SMILES string of the molecule is O=C([O-])C(O)CO. The number of rotatable bonds is 2. The first-order valence-corrected chi connectivity index (χ1v) is 1.68. The number of carbonyl (C=O) groups excluding carboxylic acids is 1. The highest BCUT2D eigenvalue weighted by molar-refractivity contribution is 5.69. The highest BCUT2D eigenvalue weighted by Gasteiger charge is 1.98. The Balaban J connectivity index is 3.34. The number of carboxylic acid groups (broad SMARTS) is 1. The van der Waals surface area contributed by atoms with Gasteiger partial charge in [-0.1, -0.05) is 0 Å². The largest absolute Gasteiger partial charge is 0.547 e. The Morgan fingerprint density at radius 3 is 2.29 bits per heavy atom. The molecule has 0 fully saturated rings. The lowest BCUT2D eigenvalue weighted by Gasteiger charge is -2.04. The maximum Gasteiger partial charge on any atom is 0.116 e. The zero-order valence-corrected chi connectivity index (χ0v) is 3.50. The third-order valence-corrected chi connectivity index (χ3v) is 0.445. The van der Waals surface area contributed by atoms with Crippen molar-refractivity contribution in [3.63, 3.8) is 0 Å². The summed E-state index contributed by atoms with van der Waals surface area (Å²) in [6.45, 7) is -0.789. The molecule has 7 heavy (non-hydrogen) atoms. The number of carbonyl (C=O) groups is 1. The van der Waals surface area contributed by atoms with Gasteiger partial charge in [-0.05, 0) is 0 Å². The minimum atomic E-state index is -1.74. The molecule has 0 aliphatic carbocycles. The molecule has 0 radical (unpaired) electrons. The van der Waals surface area contributed by atoms with Gasteiger partial charge in [0.1, 0.15) is 6.10 Å². The minimum absolute atomic E-state index is 0.789. The van der Waals surface area contributed by atoms with Crippen molar-refractivity contribution in [1.82, 2.24) is 0 Å². The summed E-state index contributed by atoms with van der Waals surface area (Å²) >= 11 is 0. The van der Waals surface area contributed by atoms with E-state index in [2.05, 4.69) is 0 Å². The highest BCUT2D eigenvalue weighted by atomic mass is 16.4. The molecule has 0 saturated heterocycles. The van der Waals surface area contributed by atoms with E-state index in [1.54, 1.807) is 0 Å². The topological polar surface area (TPSA) is 80.6 Å². The average molecular weight is 105 g/mol. The number of hydrogen-bond donors (Lipinski definition) is 2. The third-order valence-electron chi connectivity index (χ3n) is 0.445. The van der Waals surface area contributed by atoms with Crippen LogP contribution in [0.3, 0.4) is 0 Å². The van der Waals surface area contributed by atoms with Gasteiger partial charge < -0.3 is 20.1 Å². The van der Waals surface area contributed by atoms with Crippen LogP contribution in [-0.2, 0) is 4.79 Å². The maximum atomic E-state index is 9.41. The molecule has 0 amide bonds. The Hall–Kier alpha value is -0.610. The van der Waals surface area contributed by atoms with Crippen molar-refractivity contribution >= 4 is 5.97 Å². The summed E-state index contributed by atoms with van der Waals surface area (Å²) in [5.74, 6) is -1.65. The molecule has 1 unspecified atom stereocenters. The van der Waals surface area contributed by atoms with E-state index in [4.69, 9.17) is 10.2 Å². The predicted molar refractivity (Wildman–Crippen MR) is 18.1 cm³/mol. The van der Waals surface area contributed by atoms with Crippen molar-refractivity contribution in [2.75, 3.05) is 6.61 Å². The smallest absolute Gasteiger partial charge is 0.116 e. The van der Waals surface area contributed by atoms with E-state index in [0.29, 0.717) is 0 Å². The van der Waals surface area contributed by atoms with E-state index in [-0.39, 0.29) is 0 Å². The van der Waals surface area contributed by atoms with Crippen LogP contribution in [0.4, 0.5) is 0 Å². The molecule has 0 spiro atoms. The quantitative estimate of drug-likeness (QED) is 0.394. The van der Waals surface area contributed by atoms with Crippen molar-refractivity contribution in [2.24, 2.45) is 0 Å². The van der Waals surface area contributed by atoms with Crippen molar-refractivity contribution in [3.8, 4) is 0 Å². The molecule has 4 nitrogen and oxygen atoms in total. The molecule has 2 N–H and O–H groups in total. The van der Waals surface area contributed by atoms with E-state index in [9.17, 15) is 9.90 Å². The fraction of sp³-hybridized carbons (Fsp3) is 0.667. The second kappa shape index (κ2) is 2.54. The van der Waals surface area contributed by atoms with Crippen molar-refractivity contribution in [1.29, 1.82) is 0 Å². The number of hydrogen-bond acceptors (Lipinski definition) is 4. The molecule has 0 heterocycles. The zero-order chi connectivity index (χ0) is 5.86. The average Bonchev–Trinajstić information content (AvgIpc) is 1.65. The molecule has 0 bridgehead atoms. The van der Waals surface area contributed by atoms with Crippen molar-refractivity contribution in [3.05, 3.63) is 0 Å². The Kier molecular flexibility index (Phi) is 2.32. The molecule has 0 aliphatic rings. The van der Waals surface area contributed by atoms with Gasteiger partial charge in [-0.2, -0.15) is 0 Å². The molecule has 0 aromatic heterocycles. The monoisotopic (exact) mass is 105 g/mol. The van der Waals surface area contributed by atoms with Gasteiger partial charge in [-0.15, -0.1) is 0 Å². The lowest BCUT2D eigenvalue weighted by Crippen LogP contribution is -2.37. The van der Waals surface area contributed by atoms with E-state index in [1.807, 2.05) is 0 Å². The molecular weight excluding hydrogens is 100 g/mol. The molecule has 42 valence electrons. The van der Waals surface area contributed by atoms with Crippen LogP contribution >= 0.6 is 0 Å². The maximum absolute atomic E-state index is 9.41. The Bertz CT molecular complexity index is 69.3. The number of aliphatic hydroxyl groups excluding tert-OH is 2. The summed E-state index contributed by atoms with van der Waals surface area (Å²) in [5.41, 5.74) is 0.